The Morgan fingerprint density at radius 1 is 1.33 bits per heavy atom. The highest BCUT2D eigenvalue weighted by Gasteiger charge is 2.21. The summed E-state index contributed by atoms with van der Waals surface area (Å²) in [4.78, 5) is 13.1. The van der Waals surface area contributed by atoms with Gasteiger partial charge in [0, 0.05) is 36.2 Å². The van der Waals surface area contributed by atoms with E-state index in [9.17, 15) is 4.79 Å². The Morgan fingerprint density at radius 2 is 2.19 bits per heavy atom. The van der Waals surface area contributed by atoms with E-state index in [0.29, 0.717) is 13.0 Å². The van der Waals surface area contributed by atoms with Gasteiger partial charge in [0.25, 0.3) is 0 Å². The van der Waals surface area contributed by atoms with Gasteiger partial charge in [-0.05, 0) is 42.1 Å². The van der Waals surface area contributed by atoms with Gasteiger partial charge in [-0.2, -0.15) is 0 Å². The van der Waals surface area contributed by atoms with Crippen molar-refractivity contribution >= 4 is 22.7 Å². The number of ether oxygens (including phenoxy) is 1. The number of carbonyl (C=O) groups excluding carboxylic acids is 1. The van der Waals surface area contributed by atoms with Gasteiger partial charge >= 0.3 is 0 Å². The Hall–Kier alpha value is -2.70. The van der Waals surface area contributed by atoms with Crippen LogP contribution in [0.15, 0.2) is 58.4 Å². The smallest absolute Gasteiger partial charge is 0.174 e. The molecule has 0 saturated carbocycles. The average molecular weight is 380 g/mol. The van der Waals surface area contributed by atoms with Crippen molar-refractivity contribution in [3.05, 3.63) is 64.6 Å². The number of ketones is 1. The number of Topliss-reactive ketones (excluding diaryl/α,β-unsaturated/α-hetero) is 1. The molecule has 0 amide bonds. The zero-order chi connectivity index (χ0) is 18.6. The van der Waals surface area contributed by atoms with Crippen molar-refractivity contribution in [2.75, 3.05) is 13.7 Å². The quantitative estimate of drug-likeness (QED) is 0.641. The van der Waals surface area contributed by atoms with Crippen LogP contribution in [0.2, 0.25) is 0 Å². The molecule has 0 spiro atoms. The highest BCUT2D eigenvalue weighted by molar-refractivity contribution is 7.12. The van der Waals surface area contributed by atoms with Crippen molar-refractivity contribution in [1.29, 1.82) is 0 Å². The van der Waals surface area contributed by atoms with Gasteiger partial charge in [0.15, 0.2) is 11.5 Å². The summed E-state index contributed by atoms with van der Waals surface area (Å²) in [6.07, 6.45) is 3.45. The van der Waals surface area contributed by atoms with Crippen molar-refractivity contribution in [3.63, 3.8) is 0 Å². The van der Waals surface area contributed by atoms with E-state index in [4.69, 9.17) is 9.26 Å². The van der Waals surface area contributed by atoms with E-state index >= 15 is 0 Å². The second kappa shape index (κ2) is 7.90. The van der Waals surface area contributed by atoms with Crippen LogP contribution in [0, 0.1) is 0 Å². The standard InChI is InChI=1S/C21H20N2O3S/c1-25-17-8-5-14(6-9-17)18-12-20(26-23-18)15-4-7-16(22-13-15)11-19(24)21-3-2-10-27-21/h2-6,8-10,12,16,22H,7,11,13H2,1H3. The Bertz CT molecular complexity index is 942. The number of hydrogen-bond acceptors (Lipinski definition) is 6. The van der Waals surface area contributed by atoms with Gasteiger partial charge in [-0.25, -0.2) is 0 Å². The van der Waals surface area contributed by atoms with E-state index in [2.05, 4.69) is 16.5 Å². The molecular weight excluding hydrogens is 360 g/mol. The van der Waals surface area contributed by atoms with Crippen molar-refractivity contribution in [3.8, 4) is 17.0 Å². The van der Waals surface area contributed by atoms with Gasteiger partial charge in [0.2, 0.25) is 0 Å². The Balaban J connectivity index is 1.40. The molecule has 3 aromatic rings. The summed E-state index contributed by atoms with van der Waals surface area (Å²) in [5.41, 5.74) is 2.85. The zero-order valence-electron chi connectivity index (χ0n) is 15.0. The molecule has 27 heavy (non-hydrogen) atoms. The molecule has 4 rings (SSSR count). The number of carbonyl (C=O) groups is 1. The van der Waals surface area contributed by atoms with E-state index in [1.807, 2.05) is 47.8 Å². The Morgan fingerprint density at radius 3 is 2.85 bits per heavy atom. The number of benzene rings is 1. The number of hydrogen-bond donors (Lipinski definition) is 1. The summed E-state index contributed by atoms with van der Waals surface area (Å²) in [5, 5.41) is 9.55. The summed E-state index contributed by atoms with van der Waals surface area (Å²) in [6.45, 7) is 0.666. The third-order valence-electron chi connectivity index (χ3n) is 4.67. The SMILES string of the molecule is COc1ccc(-c2cc(C3=CCC(CC(=O)c4cccs4)NC3)on2)cc1. The minimum Gasteiger partial charge on any atom is -0.497 e. The first-order chi connectivity index (χ1) is 13.2. The number of methoxy groups -OCH3 is 1. The van der Waals surface area contributed by atoms with Crippen LogP contribution in [0.25, 0.3) is 16.8 Å². The van der Waals surface area contributed by atoms with E-state index in [1.165, 1.54) is 11.3 Å². The van der Waals surface area contributed by atoms with Crippen LogP contribution < -0.4 is 10.1 Å². The molecule has 1 unspecified atom stereocenters. The minimum absolute atomic E-state index is 0.160. The maximum atomic E-state index is 12.2. The van der Waals surface area contributed by atoms with E-state index in [-0.39, 0.29) is 11.8 Å². The summed E-state index contributed by atoms with van der Waals surface area (Å²) in [6, 6.07) is 13.6. The maximum Gasteiger partial charge on any atom is 0.174 e. The summed E-state index contributed by atoms with van der Waals surface area (Å²) in [5.74, 6) is 1.77. The molecule has 0 bridgehead atoms. The predicted octanol–water partition coefficient (Wildman–Crippen LogP) is 4.43. The largest absolute Gasteiger partial charge is 0.497 e. The fourth-order valence-electron chi connectivity index (χ4n) is 3.12. The van der Waals surface area contributed by atoms with E-state index < -0.39 is 0 Å². The van der Waals surface area contributed by atoms with Crippen LogP contribution in [0.1, 0.15) is 28.3 Å². The van der Waals surface area contributed by atoms with Crippen LogP contribution >= 0.6 is 11.3 Å². The summed E-state index contributed by atoms with van der Waals surface area (Å²) >= 11 is 1.50. The molecule has 1 atom stereocenters. The average Bonchev–Trinajstić information content (AvgIpc) is 3.41. The molecule has 1 aliphatic heterocycles. The van der Waals surface area contributed by atoms with Crippen LogP contribution in [0.4, 0.5) is 0 Å². The third-order valence-corrected chi connectivity index (χ3v) is 5.58. The number of aromatic nitrogens is 1. The topological polar surface area (TPSA) is 64.4 Å². The number of nitrogens with zero attached hydrogens (tertiary/aromatic N) is 1. The van der Waals surface area contributed by atoms with Crippen molar-refractivity contribution in [2.24, 2.45) is 0 Å². The van der Waals surface area contributed by atoms with Crippen LogP contribution in [0.5, 0.6) is 5.75 Å². The normalized spacial score (nSPS) is 16.8. The van der Waals surface area contributed by atoms with Crippen molar-refractivity contribution < 1.29 is 14.1 Å². The molecule has 5 nitrogen and oxygen atoms in total. The molecule has 0 fully saturated rings. The van der Waals surface area contributed by atoms with Crippen molar-refractivity contribution in [2.45, 2.75) is 18.9 Å². The molecule has 0 aliphatic carbocycles. The van der Waals surface area contributed by atoms with Crippen LogP contribution in [-0.4, -0.2) is 30.6 Å². The zero-order valence-corrected chi connectivity index (χ0v) is 15.8. The van der Waals surface area contributed by atoms with E-state index in [0.717, 1.165) is 39.6 Å². The highest BCUT2D eigenvalue weighted by atomic mass is 32.1. The van der Waals surface area contributed by atoms with Crippen LogP contribution in [-0.2, 0) is 0 Å². The van der Waals surface area contributed by atoms with Gasteiger partial charge in [0.1, 0.15) is 11.4 Å². The van der Waals surface area contributed by atoms with Gasteiger partial charge in [0.05, 0.1) is 12.0 Å². The van der Waals surface area contributed by atoms with Gasteiger partial charge in [-0.3, -0.25) is 4.79 Å². The molecule has 3 heterocycles. The molecule has 0 radical (unpaired) electrons. The first-order valence-corrected chi connectivity index (χ1v) is 9.71. The van der Waals surface area contributed by atoms with Crippen LogP contribution in [0.3, 0.4) is 0 Å². The molecule has 1 aromatic carbocycles. The minimum atomic E-state index is 0.160. The lowest BCUT2D eigenvalue weighted by Gasteiger charge is -2.21. The second-order valence-corrected chi connectivity index (χ2v) is 7.40. The summed E-state index contributed by atoms with van der Waals surface area (Å²) in [7, 11) is 1.65. The second-order valence-electron chi connectivity index (χ2n) is 6.45. The maximum absolute atomic E-state index is 12.2. The number of rotatable bonds is 6. The molecule has 1 N–H and O–H groups in total. The third kappa shape index (κ3) is 4.02. The Labute approximate surface area is 161 Å². The van der Waals surface area contributed by atoms with Gasteiger partial charge < -0.3 is 14.6 Å². The first-order valence-electron chi connectivity index (χ1n) is 8.83. The fraction of sp³-hybridized carbons (Fsp3) is 0.238. The lowest BCUT2D eigenvalue weighted by molar-refractivity contribution is 0.0973. The number of nitrogens with one attached hydrogen (secondary N) is 1. The molecule has 1 aliphatic rings. The molecule has 2 aromatic heterocycles. The first kappa shape index (κ1) is 17.7. The molecule has 138 valence electrons. The van der Waals surface area contributed by atoms with Crippen molar-refractivity contribution in [1.82, 2.24) is 10.5 Å². The fourth-order valence-corrected chi connectivity index (χ4v) is 3.80. The lowest BCUT2D eigenvalue weighted by Crippen LogP contribution is -2.35. The molecule has 6 heteroatoms. The summed E-state index contributed by atoms with van der Waals surface area (Å²) < 4.78 is 10.7. The Kier molecular flexibility index (Phi) is 5.18. The highest BCUT2D eigenvalue weighted by Crippen LogP contribution is 2.27. The lowest BCUT2D eigenvalue weighted by atomic mass is 9.99. The van der Waals surface area contributed by atoms with E-state index in [1.54, 1.807) is 7.11 Å². The molecular formula is C21H20N2O3S. The molecule has 0 saturated heterocycles. The number of thiophene rings is 1. The monoisotopic (exact) mass is 380 g/mol. The van der Waals surface area contributed by atoms with Gasteiger partial charge in [-0.1, -0.05) is 17.3 Å². The predicted molar refractivity (Wildman–Crippen MR) is 106 cm³/mol. The van der Waals surface area contributed by atoms with Gasteiger partial charge in [-0.15, -0.1) is 11.3 Å².